The highest BCUT2D eigenvalue weighted by Gasteiger charge is 2.36. The maximum Gasteiger partial charge on any atom is 0.0487 e. The lowest BCUT2D eigenvalue weighted by Crippen LogP contribution is -2.16. The summed E-state index contributed by atoms with van der Waals surface area (Å²) in [6.45, 7) is 4.66. The van der Waals surface area contributed by atoms with Crippen molar-refractivity contribution in [3.05, 3.63) is 533 Å². The summed E-state index contributed by atoms with van der Waals surface area (Å²) in [6, 6.07) is 184. The van der Waals surface area contributed by atoms with E-state index < -0.39 is 0 Å². The molecule has 0 bridgehead atoms. The predicted molar refractivity (Wildman–Crippen MR) is 561 cm³/mol. The van der Waals surface area contributed by atoms with E-state index in [9.17, 15) is 0 Å². The Bertz CT molecular complexity index is 6910. The van der Waals surface area contributed by atoms with Crippen molar-refractivity contribution >= 4 is 135 Å². The molecule has 21 rings (SSSR count). The Labute approximate surface area is 771 Å². The monoisotopic (exact) mass is 1690 g/mol. The third kappa shape index (κ3) is 19.1. The van der Waals surface area contributed by atoms with Gasteiger partial charge in [-0.1, -0.05) is 305 Å². The van der Waals surface area contributed by atoms with E-state index >= 15 is 0 Å². The van der Waals surface area contributed by atoms with Crippen LogP contribution < -0.4 is 39.2 Å². The summed E-state index contributed by atoms with van der Waals surface area (Å²) in [7, 11) is 8.52. The Balaban J connectivity index is 0.000000118. The molecule has 0 aliphatic heterocycles. The van der Waals surface area contributed by atoms with Gasteiger partial charge in [0.15, 0.2) is 0 Å². The number of fused-ring (bicyclic) bond motifs is 5. The first-order valence-electron chi connectivity index (χ1n) is 44.8. The minimum Gasteiger partial charge on any atom is -0.345 e. The number of para-hydroxylation sites is 9. The Morgan fingerprint density at radius 1 is 0.153 bits per heavy atom. The number of nitrogens with zero attached hydrogens (tertiary/aromatic N) is 8. The van der Waals surface area contributed by atoms with Crippen molar-refractivity contribution in [1.82, 2.24) is 0 Å². The van der Waals surface area contributed by atoms with Crippen LogP contribution in [0, 0.1) is 0 Å². The topological polar surface area (TPSA) is 25.9 Å². The van der Waals surface area contributed by atoms with E-state index in [0.717, 1.165) is 91.0 Å². The molecule has 0 saturated carbocycles. The first-order valence-corrected chi connectivity index (χ1v) is 44.8. The summed E-state index contributed by atoms with van der Waals surface area (Å²) >= 11 is 0. The summed E-state index contributed by atoms with van der Waals surface area (Å²) < 4.78 is 0. The highest BCUT2D eigenvalue weighted by atomic mass is 15.2. The maximum absolute atomic E-state index is 2.36. The zero-order valence-corrected chi connectivity index (χ0v) is 74.7. The van der Waals surface area contributed by atoms with Crippen LogP contribution in [-0.2, 0) is 5.41 Å². The van der Waals surface area contributed by atoms with Gasteiger partial charge in [-0.2, -0.15) is 0 Å². The molecule has 1 aliphatic rings. The first-order chi connectivity index (χ1) is 64.4. The first kappa shape index (κ1) is 85.1. The van der Waals surface area contributed by atoms with Crippen molar-refractivity contribution in [2.24, 2.45) is 0 Å². The van der Waals surface area contributed by atoms with Crippen LogP contribution in [0.3, 0.4) is 0 Å². The van der Waals surface area contributed by atoms with Crippen LogP contribution >= 0.6 is 0 Å². The van der Waals surface area contributed by atoms with E-state index in [2.05, 4.69) is 591 Å². The molecule has 0 aromatic heterocycles. The molecule has 0 heterocycles. The van der Waals surface area contributed by atoms with Crippen molar-refractivity contribution in [3.8, 4) is 22.3 Å². The number of hydrogen-bond acceptors (Lipinski definition) is 8. The summed E-state index contributed by atoms with van der Waals surface area (Å²) in [5.41, 5.74) is 31.0. The van der Waals surface area contributed by atoms with E-state index in [1.165, 1.54) is 77.7 Å². The third-order valence-corrected chi connectivity index (χ3v) is 24.6. The van der Waals surface area contributed by atoms with Gasteiger partial charge < -0.3 is 39.2 Å². The van der Waals surface area contributed by atoms with Gasteiger partial charge in [0.05, 0.1) is 0 Å². The van der Waals surface area contributed by atoms with E-state index in [4.69, 9.17) is 0 Å². The van der Waals surface area contributed by atoms with Crippen LogP contribution in [0.5, 0.6) is 0 Å². The molecule has 0 N–H and O–H groups in total. The second-order valence-corrected chi connectivity index (χ2v) is 33.1. The summed E-state index contributed by atoms with van der Waals surface area (Å²) in [5.74, 6) is 0. The third-order valence-electron chi connectivity index (χ3n) is 24.6. The van der Waals surface area contributed by atoms with Crippen LogP contribution in [0.4, 0.5) is 114 Å². The summed E-state index contributed by atoms with van der Waals surface area (Å²) in [6.07, 6.45) is 0. The summed E-state index contributed by atoms with van der Waals surface area (Å²) in [4.78, 5) is 18.1. The number of rotatable bonds is 21. The lowest BCUT2D eigenvalue weighted by Gasteiger charge is -2.27. The molecular formula is C123H104N8. The Hall–Kier alpha value is -16.7. The average molecular weight is 1690 g/mol. The van der Waals surface area contributed by atoms with Crippen LogP contribution in [0.15, 0.2) is 522 Å². The highest BCUT2D eigenvalue weighted by Crippen LogP contribution is 2.51. The van der Waals surface area contributed by atoms with Gasteiger partial charge in [-0.05, 0) is 274 Å². The number of anilines is 20. The molecule has 8 heteroatoms. The van der Waals surface area contributed by atoms with Crippen LogP contribution in [0.25, 0.3) is 43.8 Å². The van der Waals surface area contributed by atoms with Crippen molar-refractivity contribution < 1.29 is 0 Å². The Morgan fingerprint density at radius 2 is 0.405 bits per heavy atom. The maximum atomic E-state index is 2.36. The van der Waals surface area contributed by atoms with Crippen LogP contribution in [0.2, 0.25) is 0 Å². The van der Waals surface area contributed by atoms with E-state index in [-0.39, 0.29) is 5.41 Å². The van der Waals surface area contributed by atoms with Crippen molar-refractivity contribution in [2.75, 3.05) is 67.4 Å². The fourth-order valence-electron chi connectivity index (χ4n) is 17.7. The second kappa shape index (κ2) is 39.9. The minimum atomic E-state index is -0.00149. The van der Waals surface area contributed by atoms with Crippen molar-refractivity contribution in [3.63, 3.8) is 0 Å². The van der Waals surface area contributed by atoms with Gasteiger partial charge in [-0.3, -0.25) is 0 Å². The molecule has 20 aromatic carbocycles. The molecule has 0 amide bonds. The van der Waals surface area contributed by atoms with Crippen LogP contribution in [0.1, 0.15) is 25.0 Å². The van der Waals surface area contributed by atoms with Crippen LogP contribution in [-0.4, -0.2) is 28.2 Å². The van der Waals surface area contributed by atoms with Gasteiger partial charge in [-0.15, -0.1) is 0 Å². The number of benzene rings is 20. The standard InChI is InChI=1S/C34H30N2.C31H26N2.2C29H24N2/c1-34(2)32-17-11-10-16-30(32)31-23-22-29(24-33(31)34)35(3)25-18-20-28(21-19-25)36(26-12-6-4-7-13-26)27-14-8-5-9-15-27;1-32(31-20-12-11-19-30(31)25-13-5-2-6-14-25)26-21-23-29(24-22-26)33(27-15-7-3-8-16-27)28-17-9-4-10-18-28;1-30(29-18-10-12-23-11-8-9-17-28(23)29)24-19-21-27(22-20-24)31(25-13-4-2-5-14-25)26-15-6-3-7-16-26;1-30(29-17-16-23-10-8-9-11-24(23)22-29)25-18-20-28(21-19-25)31(26-12-4-2-5-13-26)27-14-6-3-7-15-27/h4-24H,1-3H3;2-24H,1H3;2*2-22H,1H3. The molecule has 131 heavy (non-hydrogen) atoms. The quantitative estimate of drug-likeness (QED) is 0.0702. The van der Waals surface area contributed by atoms with E-state index in [1.54, 1.807) is 0 Å². The second-order valence-electron chi connectivity index (χ2n) is 33.1. The molecule has 20 aromatic rings. The molecule has 0 unspecified atom stereocenters. The molecule has 0 fully saturated rings. The molecular weight excluding hydrogens is 1590 g/mol. The lowest BCUT2D eigenvalue weighted by molar-refractivity contribution is 0.660. The smallest absolute Gasteiger partial charge is 0.0487 e. The van der Waals surface area contributed by atoms with E-state index in [0.29, 0.717) is 0 Å². The predicted octanol–water partition coefficient (Wildman–Crippen LogP) is 34.0. The largest absolute Gasteiger partial charge is 0.345 e. The Morgan fingerprint density at radius 3 is 0.802 bits per heavy atom. The zero-order chi connectivity index (χ0) is 89.3. The van der Waals surface area contributed by atoms with Gasteiger partial charge in [0.25, 0.3) is 0 Å². The van der Waals surface area contributed by atoms with Crippen molar-refractivity contribution in [2.45, 2.75) is 19.3 Å². The zero-order valence-electron chi connectivity index (χ0n) is 74.7. The highest BCUT2D eigenvalue weighted by molar-refractivity contribution is 5.97. The van der Waals surface area contributed by atoms with Gasteiger partial charge in [-0.25, -0.2) is 0 Å². The summed E-state index contributed by atoms with van der Waals surface area (Å²) in [5, 5.41) is 5.02. The molecule has 8 nitrogen and oxygen atoms in total. The van der Waals surface area contributed by atoms with Crippen molar-refractivity contribution in [1.29, 1.82) is 0 Å². The van der Waals surface area contributed by atoms with E-state index in [1.807, 2.05) is 12.1 Å². The molecule has 0 spiro atoms. The van der Waals surface area contributed by atoms with Gasteiger partial charge in [0.2, 0.25) is 0 Å². The average Bonchev–Trinajstić information content (AvgIpc) is 1.58. The number of hydrogen-bond donors (Lipinski definition) is 0. The SMILES string of the molecule is CN(c1ccc(N(c2ccccc2)c2ccccc2)cc1)c1ccc2c(c1)C(C)(C)c1ccccc1-2.CN(c1ccc(N(c2ccccc2)c2ccccc2)cc1)c1ccc2ccccc2c1.CN(c1ccc(N(c2ccccc2)c2ccccc2)cc1)c1cccc2ccccc12.CN(c1ccc(N(c2ccccc2)c2ccccc2)cc1)c1ccccc1-c1ccccc1. The molecule has 0 atom stereocenters. The molecule has 0 radical (unpaired) electrons. The van der Waals surface area contributed by atoms with Gasteiger partial charge in [0.1, 0.15) is 0 Å². The van der Waals surface area contributed by atoms with Gasteiger partial charge in [0, 0.05) is 158 Å². The molecule has 0 saturated heterocycles. The lowest BCUT2D eigenvalue weighted by atomic mass is 9.82. The molecule has 636 valence electrons. The fraction of sp³-hybridized carbons (Fsp3) is 0.0569. The Kier molecular flexibility index (Phi) is 25.9. The normalized spacial score (nSPS) is 11.3. The molecule has 1 aliphatic carbocycles. The fourth-order valence-corrected chi connectivity index (χ4v) is 17.7. The van der Waals surface area contributed by atoms with Gasteiger partial charge >= 0.3 is 0 Å². The minimum absolute atomic E-state index is 0.00149.